The van der Waals surface area contributed by atoms with Crippen LogP contribution < -0.4 is 10.6 Å². The molecule has 0 aromatic heterocycles. The van der Waals surface area contributed by atoms with Crippen molar-refractivity contribution < 1.29 is 17.9 Å². The molecule has 1 aromatic carbocycles. The molecule has 1 saturated heterocycles. The highest BCUT2D eigenvalue weighted by Crippen LogP contribution is 2.30. The van der Waals surface area contributed by atoms with Crippen LogP contribution in [0.5, 0.6) is 0 Å². The summed E-state index contributed by atoms with van der Waals surface area (Å²) in [7, 11) is 0. The molecule has 0 amide bonds. The monoisotopic (exact) mass is 304 g/mol. The standard InChI is InChI=1S/C13H15F3N2OS/c14-13(15,16)9-3-1-4-10(7-9)18-12(20)17-8-11-5-2-6-19-11/h1,3-4,7,11H,2,5-6,8H2,(H2,17,18,20)/t11-/m0/s1. The Bertz CT molecular complexity index is 473. The van der Waals surface area contributed by atoms with Crippen molar-refractivity contribution in [1.29, 1.82) is 0 Å². The van der Waals surface area contributed by atoms with E-state index in [-0.39, 0.29) is 6.10 Å². The zero-order valence-corrected chi connectivity index (χ0v) is 11.5. The van der Waals surface area contributed by atoms with Crippen LogP contribution in [0.3, 0.4) is 0 Å². The van der Waals surface area contributed by atoms with Gasteiger partial charge in [0.15, 0.2) is 5.11 Å². The number of hydrogen-bond acceptors (Lipinski definition) is 2. The highest BCUT2D eigenvalue weighted by Gasteiger charge is 2.30. The highest BCUT2D eigenvalue weighted by molar-refractivity contribution is 7.80. The average Bonchev–Trinajstić information content (AvgIpc) is 2.89. The maximum atomic E-state index is 12.6. The first kappa shape index (κ1) is 15.1. The molecule has 0 aliphatic carbocycles. The Balaban J connectivity index is 1.87. The third-order valence-electron chi connectivity index (χ3n) is 2.96. The molecule has 1 aliphatic rings. The van der Waals surface area contributed by atoms with Gasteiger partial charge in [-0.15, -0.1) is 0 Å². The summed E-state index contributed by atoms with van der Waals surface area (Å²) >= 11 is 5.05. The van der Waals surface area contributed by atoms with Gasteiger partial charge in [-0.05, 0) is 43.3 Å². The summed E-state index contributed by atoms with van der Waals surface area (Å²) in [6, 6.07) is 4.93. The van der Waals surface area contributed by atoms with Gasteiger partial charge in [-0.2, -0.15) is 13.2 Å². The molecule has 110 valence electrons. The van der Waals surface area contributed by atoms with Crippen molar-refractivity contribution in [3.63, 3.8) is 0 Å². The van der Waals surface area contributed by atoms with E-state index in [0.717, 1.165) is 31.6 Å². The Morgan fingerprint density at radius 3 is 2.85 bits per heavy atom. The third kappa shape index (κ3) is 4.35. The Morgan fingerprint density at radius 2 is 2.20 bits per heavy atom. The Hall–Kier alpha value is -1.34. The van der Waals surface area contributed by atoms with E-state index in [1.165, 1.54) is 12.1 Å². The van der Waals surface area contributed by atoms with E-state index in [4.69, 9.17) is 17.0 Å². The minimum Gasteiger partial charge on any atom is -0.376 e. The second kappa shape index (κ2) is 6.41. The van der Waals surface area contributed by atoms with Crippen LogP contribution in [-0.4, -0.2) is 24.4 Å². The predicted molar refractivity (Wildman–Crippen MR) is 74.6 cm³/mol. The minimum absolute atomic E-state index is 0.122. The number of halogens is 3. The number of ether oxygens (including phenoxy) is 1. The number of rotatable bonds is 3. The molecule has 0 bridgehead atoms. The summed E-state index contributed by atoms with van der Waals surface area (Å²) in [6.45, 7) is 1.31. The average molecular weight is 304 g/mol. The topological polar surface area (TPSA) is 33.3 Å². The predicted octanol–water partition coefficient (Wildman–Crippen LogP) is 3.17. The summed E-state index contributed by atoms with van der Waals surface area (Å²) in [5.74, 6) is 0. The van der Waals surface area contributed by atoms with Crippen molar-refractivity contribution in [2.24, 2.45) is 0 Å². The Labute approximate surface area is 120 Å². The maximum absolute atomic E-state index is 12.6. The molecule has 0 saturated carbocycles. The molecule has 0 unspecified atom stereocenters. The molecule has 2 rings (SSSR count). The second-order valence-electron chi connectivity index (χ2n) is 4.55. The van der Waals surface area contributed by atoms with Gasteiger partial charge in [0.25, 0.3) is 0 Å². The molecule has 1 aliphatic heterocycles. The normalized spacial score (nSPS) is 18.9. The SMILES string of the molecule is FC(F)(F)c1cccc(NC(=S)NC[C@@H]2CCCO2)c1. The second-order valence-corrected chi connectivity index (χ2v) is 4.96. The molecule has 2 N–H and O–H groups in total. The maximum Gasteiger partial charge on any atom is 0.416 e. The first-order chi connectivity index (χ1) is 9.45. The Kier molecular flexibility index (Phi) is 4.82. The number of thiocarbonyl (C=S) groups is 1. The summed E-state index contributed by atoms with van der Waals surface area (Å²) < 4.78 is 43.1. The molecule has 1 aromatic rings. The van der Waals surface area contributed by atoms with Gasteiger partial charge >= 0.3 is 6.18 Å². The van der Waals surface area contributed by atoms with Crippen LogP contribution in [0.25, 0.3) is 0 Å². The van der Waals surface area contributed by atoms with Gasteiger partial charge in [0.05, 0.1) is 11.7 Å². The van der Waals surface area contributed by atoms with Gasteiger partial charge in [0, 0.05) is 18.8 Å². The number of nitrogens with one attached hydrogen (secondary N) is 2. The van der Waals surface area contributed by atoms with Crippen molar-refractivity contribution >= 4 is 23.0 Å². The molecule has 1 heterocycles. The van der Waals surface area contributed by atoms with E-state index in [2.05, 4.69) is 10.6 Å². The van der Waals surface area contributed by atoms with E-state index < -0.39 is 11.7 Å². The van der Waals surface area contributed by atoms with Gasteiger partial charge < -0.3 is 15.4 Å². The van der Waals surface area contributed by atoms with Gasteiger partial charge in [-0.3, -0.25) is 0 Å². The van der Waals surface area contributed by atoms with Gasteiger partial charge in [0.1, 0.15) is 0 Å². The summed E-state index contributed by atoms with van der Waals surface area (Å²) in [5.41, 5.74) is -0.394. The molecule has 0 radical (unpaired) electrons. The van der Waals surface area contributed by atoms with E-state index in [9.17, 15) is 13.2 Å². The first-order valence-electron chi connectivity index (χ1n) is 6.29. The lowest BCUT2D eigenvalue weighted by atomic mass is 10.2. The molecule has 1 atom stereocenters. The van der Waals surface area contributed by atoms with Crippen LogP contribution in [0.4, 0.5) is 18.9 Å². The van der Waals surface area contributed by atoms with E-state index >= 15 is 0 Å². The lowest BCUT2D eigenvalue weighted by molar-refractivity contribution is -0.137. The lowest BCUT2D eigenvalue weighted by Crippen LogP contribution is -2.34. The summed E-state index contributed by atoms with van der Waals surface area (Å²) in [4.78, 5) is 0. The Morgan fingerprint density at radius 1 is 1.40 bits per heavy atom. The van der Waals surface area contributed by atoms with Crippen LogP contribution in [0, 0.1) is 0 Å². The fourth-order valence-corrected chi connectivity index (χ4v) is 2.16. The largest absolute Gasteiger partial charge is 0.416 e. The van der Waals surface area contributed by atoms with Gasteiger partial charge in [-0.25, -0.2) is 0 Å². The zero-order valence-electron chi connectivity index (χ0n) is 10.7. The van der Waals surface area contributed by atoms with E-state index in [1.54, 1.807) is 0 Å². The van der Waals surface area contributed by atoms with Crippen molar-refractivity contribution in [3.05, 3.63) is 29.8 Å². The number of anilines is 1. The number of hydrogen-bond donors (Lipinski definition) is 2. The van der Waals surface area contributed by atoms with E-state index in [0.29, 0.717) is 17.3 Å². The minimum atomic E-state index is -4.36. The number of benzene rings is 1. The fourth-order valence-electron chi connectivity index (χ4n) is 1.96. The van der Waals surface area contributed by atoms with Crippen LogP contribution in [0.1, 0.15) is 18.4 Å². The molecule has 3 nitrogen and oxygen atoms in total. The first-order valence-corrected chi connectivity index (χ1v) is 6.70. The third-order valence-corrected chi connectivity index (χ3v) is 3.21. The van der Waals surface area contributed by atoms with Gasteiger partial charge in [-0.1, -0.05) is 6.07 Å². The zero-order chi connectivity index (χ0) is 14.6. The molecular formula is C13H15F3N2OS. The van der Waals surface area contributed by atoms with Crippen molar-refractivity contribution in [1.82, 2.24) is 5.32 Å². The van der Waals surface area contributed by atoms with Crippen LogP contribution in [0.2, 0.25) is 0 Å². The van der Waals surface area contributed by atoms with Crippen molar-refractivity contribution in [2.75, 3.05) is 18.5 Å². The van der Waals surface area contributed by atoms with Crippen LogP contribution in [0.15, 0.2) is 24.3 Å². The molecule has 7 heteroatoms. The molecule has 0 spiro atoms. The van der Waals surface area contributed by atoms with Gasteiger partial charge in [0.2, 0.25) is 0 Å². The smallest absolute Gasteiger partial charge is 0.376 e. The molecular weight excluding hydrogens is 289 g/mol. The van der Waals surface area contributed by atoms with Crippen molar-refractivity contribution in [2.45, 2.75) is 25.1 Å². The highest BCUT2D eigenvalue weighted by atomic mass is 32.1. The quantitative estimate of drug-likeness (QED) is 0.840. The number of alkyl halides is 3. The van der Waals surface area contributed by atoms with Crippen molar-refractivity contribution in [3.8, 4) is 0 Å². The summed E-state index contributed by atoms with van der Waals surface area (Å²) in [5, 5.41) is 5.98. The molecule has 1 fully saturated rings. The fraction of sp³-hybridized carbons (Fsp3) is 0.462. The summed E-state index contributed by atoms with van der Waals surface area (Å²) in [6.07, 6.45) is -2.24. The van der Waals surface area contributed by atoms with Crippen LogP contribution in [-0.2, 0) is 10.9 Å². The van der Waals surface area contributed by atoms with E-state index in [1.807, 2.05) is 0 Å². The van der Waals surface area contributed by atoms with Crippen LogP contribution >= 0.6 is 12.2 Å². The molecule has 20 heavy (non-hydrogen) atoms. The lowest BCUT2D eigenvalue weighted by Gasteiger charge is -2.15.